The van der Waals surface area contributed by atoms with Gasteiger partial charge in [0.25, 0.3) is 0 Å². The normalized spacial score (nSPS) is 16.5. The van der Waals surface area contributed by atoms with E-state index in [0.717, 1.165) is 60.9 Å². The molecule has 31 heavy (non-hydrogen) atoms. The SMILES string of the molecule is [C-]#[N+]CC1(n2cc(-c3ncnc4c3ccn4COCC[Si](C)(C)C)cn2)CCNCC1. The van der Waals surface area contributed by atoms with Crippen LogP contribution in [0.25, 0.3) is 27.1 Å². The molecule has 3 aromatic rings. The molecule has 0 unspecified atom stereocenters. The minimum absolute atomic E-state index is 0.243. The van der Waals surface area contributed by atoms with Crippen molar-refractivity contribution in [3.05, 3.63) is 42.4 Å². The van der Waals surface area contributed by atoms with Gasteiger partial charge in [0.2, 0.25) is 6.54 Å². The highest BCUT2D eigenvalue weighted by atomic mass is 28.3. The molecule has 0 saturated carbocycles. The predicted molar refractivity (Wildman–Crippen MR) is 124 cm³/mol. The van der Waals surface area contributed by atoms with Crippen LogP contribution in [-0.2, 0) is 17.0 Å². The van der Waals surface area contributed by atoms with E-state index in [4.69, 9.17) is 11.3 Å². The number of nitrogens with one attached hydrogen (secondary N) is 1. The highest BCUT2D eigenvalue weighted by Gasteiger charge is 2.38. The van der Waals surface area contributed by atoms with Crippen molar-refractivity contribution in [3.63, 3.8) is 0 Å². The average molecular weight is 438 g/mol. The van der Waals surface area contributed by atoms with Gasteiger partial charge in [-0.15, -0.1) is 0 Å². The highest BCUT2D eigenvalue weighted by molar-refractivity contribution is 6.76. The Labute approximate surface area is 184 Å². The number of aromatic nitrogens is 5. The van der Waals surface area contributed by atoms with Gasteiger partial charge in [-0.2, -0.15) is 5.10 Å². The van der Waals surface area contributed by atoms with E-state index in [2.05, 4.69) is 44.9 Å². The molecule has 9 heteroatoms. The van der Waals surface area contributed by atoms with Gasteiger partial charge in [-0.3, -0.25) is 4.68 Å². The van der Waals surface area contributed by atoms with Crippen molar-refractivity contribution in [2.75, 3.05) is 26.2 Å². The number of piperidine rings is 1. The zero-order chi connectivity index (χ0) is 21.9. The van der Waals surface area contributed by atoms with Crippen LogP contribution >= 0.6 is 0 Å². The van der Waals surface area contributed by atoms with Crippen LogP contribution in [0.3, 0.4) is 0 Å². The van der Waals surface area contributed by atoms with E-state index in [-0.39, 0.29) is 5.54 Å². The summed E-state index contributed by atoms with van der Waals surface area (Å²) in [6.07, 6.45) is 9.32. The molecule has 0 amide bonds. The zero-order valence-corrected chi connectivity index (χ0v) is 19.6. The first kappa shape index (κ1) is 21.7. The Morgan fingerprint density at radius 2 is 2.06 bits per heavy atom. The molecule has 0 aliphatic carbocycles. The summed E-state index contributed by atoms with van der Waals surface area (Å²) >= 11 is 0. The third-order valence-corrected chi connectivity index (χ3v) is 7.74. The van der Waals surface area contributed by atoms with Gasteiger partial charge < -0.3 is 19.5 Å². The maximum Gasteiger partial charge on any atom is 0.239 e. The van der Waals surface area contributed by atoms with Crippen molar-refractivity contribution in [3.8, 4) is 11.3 Å². The van der Waals surface area contributed by atoms with Crippen LogP contribution in [0.1, 0.15) is 12.8 Å². The molecule has 1 aliphatic heterocycles. The maximum absolute atomic E-state index is 7.43. The summed E-state index contributed by atoms with van der Waals surface area (Å²) in [4.78, 5) is 12.8. The molecule has 4 heterocycles. The third-order valence-electron chi connectivity index (χ3n) is 6.03. The first-order valence-corrected chi connectivity index (χ1v) is 14.6. The van der Waals surface area contributed by atoms with Crippen molar-refractivity contribution in [2.45, 2.75) is 50.8 Å². The van der Waals surface area contributed by atoms with Gasteiger partial charge in [-0.1, -0.05) is 19.6 Å². The summed E-state index contributed by atoms with van der Waals surface area (Å²) in [5.74, 6) is 0. The smallest absolute Gasteiger partial charge is 0.239 e. The molecular weight excluding hydrogens is 406 g/mol. The van der Waals surface area contributed by atoms with Gasteiger partial charge >= 0.3 is 0 Å². The van der Waals surface area contributed by atoms with Crippen LogP contribution in [0.5, 0.6) is 0 Å². The summed E-state index contributed by atoms with van der Waals surface area (Å²) in [5.41, 5.74) is 2.44. The molecule has 3 aromatic heterocycles. The van der Waals surface area contributed by atoms with Crippen molar-refractivity contribution in [1.29, 1.82) is 0 Å². The van der Waals surface area contributed by atoms with E-state index < -0.39 is 8.07 Å². The second-order valence-corrected chi connectivity index (χ2v) is 15.2. The second kappa shape index (κ2) is 8.90. The molecule has 0 radical (unpaired) electrons. The second-order valence-electron chi connectivity index (χ2n) is 9.56. The molecule has 8 nitrogen and oxygen atoms in total. The minimum atomic E-state index is -1.10. The number of hydrogen-bond acceptors (Lipinski definition) is 5. The summed E-state index contributed by atoms with van der Waals surface area (Å²) < 4.78 is 9.94. The van der Waals surface area contributed by atoms with Crippen LogP contribution in [-0.4, -0.2) is 58.6 Å². The fraction of sp³-hybridized carbons (Fsp3) is 0.545. The first-order valence-electron chi connectivity index (χ1n) is 10.9. The molecular formula is C22H31N7OSi. The third kappa shape index (κ3) is 4.71. The lowest BCUT2D eigenvalue weighted by Gasteiger charge is -2.33. The van der Waals surface area contributed by atoms with Crippen LogP contribution in [0.4, 0.5) is 0 Å². The lowest BCUT2D eigenvalue weighted by molar-refractivity contribution is 0.0899. The highest BCUT2D eigenvalue weighted by Crippen LogP contribution is 2.31. The molecule has 0 atom stereocenters. The van der Waals surface area contributed by atoms with Crippen LogP contribution in [0, 0.1) is 6.57 Å². The van der Waals surface area contributed by atoms with Gasteiger partial charge in [0, 0.05) is 38.0 Å². The Kier molecular flexibility index (Phi) is 6.23. The van der Waals surface area contributed by atoms with E-state index in [0.29, 0.717) is 13.3 Å². The molecule has 1 fully saturated rings. The minimum Gasteiger partial charge on any atom is -0.361 e. The van der Waals surface area contributed by atoms with Gasteiger partial charge in [-0.25, -0.2) is 16.5 Å². The summed E-state index contributed by atoms with van der Waals surface area (Å²) in [7, 11) is -1.10. The van der Waals surface area contributed by atoms with E-state index in [9.17, 15) is 0 Å². The van der Waals surface area contributed by atoms with E-state index in [1.807, 2.05) is 33.9 Å². The average Bonchev–Trinajstić information content (AvgIpc) is 3.39. The number of fused-ring (bicyclic) bond motifs is 1. The molecule has 1 saturated heterocycles. The van der Waals surface area contributed by atoms with Crippen LogP contribution in [0.15, 0.2) is 31.0 Å². The summed E-state index contributed by atoms with van der Waals surface area (Å²) in [6.45, 7) is 18.0. The molecule has 1 aliphatic rings. The quantitative estimate of drug-likeness (QED) is 0.331. The lowest BCUT2D eigenvalue weighted by Crippen LogP contribution is -2.46. The molecule has 1 N–H and O–H groups in total. The van der Waals surface area contributed by atoms with Crippen molar-refractivity contribution >= 4 is 19.1 Å². The Hall–Kier alpha value is -2.54. The van der Waals surface area contributed by atoms with Gasteiger partial charge in [0.1, 0.15) is 24.2 Å². The molecule has 0 aromatic carbocycles. The molecule has 4 rings (SSSR count). The van der Waals surface area contributed by atoms with Crippen molar-refractivity contribution in [1.82, 2.24) is 29.6 Å². The molecule has 0 spiro atoms. The lowest BCUT2D eigenvalue weighted by atomic mass is 9.88. The van der Waals surface area contributed by atoms with Crippen LogP contribution < -0.4 is 5.32 Å². The standard InChI is InChI=1S/C22H31N7OSi/c1-23-15-22(6-8-24-9-7-22)29-14-18(13-27-29)20-19-5-10-28(21(19)26-16-25-20)17-30-11-12-31(2,3)4/h5,10,13-14,16,24H,6-9,11-12,15,17H2,2-4H3. The van der Waals surface area contributed by atoms with Crippen LogP contribution in [0.2, 0.25) is 25.7 Å². The molecule has 0 bridgehead atoms. The van der Waals surface area contributed by atoms with Gasteiger partial charge in [0.15, 0.2) is 0 Å². The van der Waals surface area contributed by atoms with E-state index in [1.54, 1.807) is 6.33 Å². The number of ether oxygens (including phenoxy) is 1. The number of hydrogen-bond donors (Lipinski definition) is 1. The number of rotatable bonds is 8. The first-order chi connectivity index (χ1) is 14.9. The fourth-order valence-electron chi connectivity index (χ4n) is 4.08. The van der Waals surface area contributed by atoms with Gasteiger partial charge in [-0.05, 0) is 38.0 Å². The molecule has 164 valence electrons. The Bertz CT molecular complexity index is 1070. The Balaban J connectivity index is 1.57. The zero-order valence-electron chi connectivity index (χ0n) is 18.6. The fourth-order valence-corrected chi connectivity index (χ4v) is 4.84. The Morgan fingerprint density at radius 1 is 1.26 bits per heavy atom. The van der Waals surface area contributed by atoms with Crippen molar-refractivity contribution < 1.29 is 4.74 Å². The summed E-state index contributed by atoms with van der Waals surface area (Å²) in [5, 5.41) is 9.03. The van der Waals surface area contributed by atoms with E-state index >= 15 is 0 Å². The van der Waals surface area contributed by atoms with E-state index in [1.165, 1.54) is 0 Å². The Morgan fingerprint density at radius 3 is 2.81 bits per heavy atom. The topological polar surface area (TPSA) is 74.2 Å². The predicted octanol–water partition coefficient (Wildman–Crippen LogP) is 3.61. The number of nitrogens with zero attached hydrogens (tertiary/aromatic N) is 6. The monoisotopic (exact) mass is 437 g/mol. The maximum atomic E-state index is 7.43. The van der Waals surface area contributed by atoms with Gasteiger partial charge in [0.05, 0.1) is 11.9 Å². The largest absolute Gasteiger partial charge is 0.361 e. The van der Waals surface area contributed by atoms with Crippen molar-refractivity contribution in [2.24, 2.45) is 0 Å². The summed E-state index contributed by atoms with van der Waals surface area (Å²) in [6, 6.07) is 3.19.